The third-order valence-corrected chi connectivity index (χ3v) is 3.00. The molecule has 0 spiro atoms. The standard InChI is InChI=1S/C15H17N3O2/c1-10(11-5-3-6-12(9-11)20-2)18-15(19)14-13(16)7-4-8-17-14/h3-10H,16H2,1-2H3,(H,18,19)/t10-/m1/s1. The zero-order valence-electron chi connectivity index (χ0n) is 11.5. The first-order valence-electron chi connectivity index (χ1n) is 6.27. The van der Waals surface area contributed by atoms with Crippen molar-refractivity contribution in [1.29, 1.82) is 0 Å². The summed E-state index contributed by atoms with van der Waals surface area (Å²) in [4.78, 5) is 16.1. The van der Waals surface area contributed by atoms with Gasteiger partial charge in [0.1, 0.15) is 5.75 Å². The van der Waals surface area contributed by atoms with E-state index in [9.17, 15) is 4.79 Å². The van der Waals surface area contributed by atoms with Gasteiger partial charge in [-0.25, -0.2) is 4.98 Å². The fourth-order valence-corrected chi connectivity index (χ4v) is 1.87. The van der Waals surface area contributed by atoms with Gasteiger partial charge in [0.15, 0.2) is 5.69 Å². The van der Waals surface area contributed by atoms with Crippen LogP contribution in [0.25, 0.3) is 0 Å². The summed E-state index contributed by atoms with van der Waals surface area (Å²) in [6.07, 6.45) is 1.54. The number of benzene rings is 1. The zero-order valence-corrected chi connectivity index (χ0v) is 11.5. The number of nitrogens with one attached hydrogen (secondary N) is 1. The monoisotopic (exact) mass is 271 g/mol. The van der Waals surface area contributed by atoms with Crippen LogP contribution in [0.15, 0.2) is 42.6 Å². The van der Waals surface area contributed by atoms with E-state index in [1.807, 2.05) is 31.2 Å². The number of pyridine rings is 1. The predicted molar refractivity (Wildman–Crippen MR) is 77.5 cm³/mol. The largest absolute Gasteiger partial charge is 0.497 e. The zero-order chi connectivity index (χ0) is 14.5. The van der Waals surface area contributed by atoms with Crippen molar-refractivity contribution in [2.24, 2.45) is 0 Å². The molecular weight excluding hydrogens is 254 g/mol. The van der Waals surface area contributed by atoms with Gasteiger partial charge in [-0.15, -0.1) is 0 Å². The van der Waals surface area contributed by atoms with E-state index in [1.165, 1.54) is 0 Å². The number of methoxy groups -OCH3 is 1. The molecule has 3 N–H and O–H groups in total. The molecular formula is C15H17N3O2. The lowest BCUT2D eigenvalue weighted by atomic mass is 10.1. The van der Waals surface area contributed by atoms with Gasteiger partial charge in [0.2, 0.25) is 0 Å². The van der Waals surface area contributed by atoms with Crippen LogP contribution in [0.3, 0.4) is 0 Å². The topological polar surface area (TPSA) is 77.2 Å². The molecule has 5 nitrogen and oxygen atoms in total. The summed E-state index contributed by atoms with van der Waals surface area (Å²) in [7, 11) is 1.61. The molecule has 0 saturated carbocycles. The van der Waals surface area contributed by atoms with Gasteiger partial charge >= 0.3 is 0 Å². The van der Waals surface area contributed by atoms with Gasteiger partial charge in [-0.1, -0.05) is 12.1 Å². The van der Waals surface area contributed by atoms with Gasteiger partial charge in [0.25, 0.3) is 5.91 Å². The second-order valence-electron chi connectivity index (χ2n) is 4.41. The van der Waals surface area contributed by atoms with Gasteiger partial charge in [0.05, 0.1) is 18.8 Å². The molecule has 2 rings (SSSR count). The number of carbonyl (C=O) groups is 1. The molecule has 1 aromatic heterocycles. The van der Waals surface area contributed by atoms with E-state index in [0.29, 0.717) is 5.69 Å². The molecule has 0 aliphatic rings. The number of nitrogen functional groups attached to an aromatic ring is 1. The van der Waals surface area contributed by atoms with Crippen molar-refractivity contribution in [3.63, 3.8) is 0 Å². The Balaban J connectivity index is 2.13. The summed E-state index contributed by atoms with van der Waals surface area (Å²) >= 11 is 0. The lowest BCUT2D eigenvalue weighted by Crippen LogP contribution is -2.28. The number of carbonyl (C=O) groups excluding carboxylic acids is 1. The Morgan fingerprint density at radius 1 is 1.35 bits per heavy atom. The van der Waals surface area contributed by atoms with Crippen molar-refractivity contribution in [3.05, 3.63) is 53.9 Å². The van der Waals surface area contributed by atoms with E-state index in [-0.39, 0.29) is 17.6 Å². The summed E-state index contributed by atoms with van der Waals surface area (Å²) in [5, 5.41) is 2.87. The third kappa shape index (κ3) is 3.06. The number of nitrogens with two attached hydrogens (primary N) is 1. The highest BCUT2D eigenvalue weighted by Gasteiger charge is 2.15. The van der Waals surface area contributed by atoms with E-state index < -0.39 is 0 Å². The second-order valence-corrected chi connectivity index (χ2v) is 4.41. The SMILES string of the molecule is COc1cccc([C@@H](C)NC(=O)c2ncccc2N)c1. The van der Waals surface area contributed by atoms with Crippen molar-refractivity contribution in [3.8, 4) is 5.75 Å². The molecule has 20 heavy (non-hydrogen) atoms. The molecule has 5 heteroatoms. The first-order chi connectivity index (χ1) is 9.61. The number of rotatable bonds is 4. The number of ether oxygens (including phenoxy) is 1. The minimum atomic E-state index is -0.293. The highest BCUT2D eigenvalue weighted by atomic mass is 16.5. The molecule has 1 aromatic carbocycles. The highest BCUT2D eigenvalue weighted by Crippen LogP contribution is 2.19. The summed E-state index contributed by atoms with van der Waals surface area (Å²) in [5.74, 6) is 0.458. The van der Waals surface area contributed by atoms with Crippen LogP contribution in [-0.4, -0.2) is 18.0 Å². The van der Waals surface area contributed by atoms with Crippen molar-refractivity contribution in [1.82, 2.24) is 10.3 Å². The molecule has 0 radical (unpaired) electrons. The first-order valence-corrected chi connectivity index (χ1v) is 6.27. The second kappa shape index (κ2) is 6.06. The van der Waals surface area contributed by atoms with Crippen LogP contribution in [0, 0.1) is 0 Å². The Kier molecular flexibility index (Phi) is 4.20. The number of aromatic nitrogens is 1. The smallest absolute Gasteiger partial charge is 0.272 e. The predicted octanol–water partition coefficient (Wildman–Crippen LogP) is 2.16. The van der Waals surface area contributed by atoms with E-state index in [1.54, 1.807) is 25.4 Å². The summed E-state index contributed by atoms with van der Waals surface area (Å²) < 4.78 is 5.17. The maximum atomic E-state index is 12.1. The molecule has 0 bridgehead atoms. The molecule has 0 fully saturated rings. The van der Waals surface area contributed by atoms with Crippen molar-refractivity contribution < 1.29 is 9.53 Å². The number of nitrogens with zero attached hydrogens (tertiary/aromatic N) is 1. The van der Waals surface area contributed by atoms with Gasteiger partial charge in [-0.3, -0.25) is 4.79 Å². The van der Waals surface area contributed by atoms with Crippen LogP contribution in [0.2, 0.25) is 0 Å². The number of anilines is 1. The van der Waals surface area contributed by atoms with Crippen LogP contribution in [0.5, 0.6) is 5.75 Å². The minimum Gasteiger partial charge on any atom is -0.497 e. The van der Waals surface area contributed by atoms with Gasteiger partial charge in [-0.05, 0) is 36.8 Å². The van der Waals surface area contributed by atoms with E-state index in [4.69, 9.17) is 10.5 Å². The van der Waals surface area contributed by atoms with E-state index in [2.05, 4.69) is 10.3 Å². The average molecular weight is 271 g/mol. The summed E-state index contributed by atoms with van der Waals surface area (Å²) in [6, 6.07) is 10.7. The lowest BCUT2D eigenvalue weighted by molar-refractivity contribution is 0.0936. The lowest BCUT2D eigenvalue weighted by Gasteiger charge is -2.15. The molecule has 1 heterocycles. The molecule has 104 valence electrons. The Hall–Kier alpha value is -2.56. The Labute approximate surface area is 117 Å². The van der Waals surface area contributed by atoms with Crippen LogP contribution in [-0.2, 0) is 0 Å². The fraction of sp³-hybridized carbons (Fsp3) is 0.200. The summed E-state index contributed by atoms with van der Waals surface area (Å²) in [6.45, 7) is 1.89. The Morgan fingerprint density at radius 3 is 2.85 bits per heavy atom. The van der Waals surface area contributed by atoms with Crippen LogP contribution in [0.1, 0.15) is 29.0 Å². The normalized spacial score (nSPS) is 11.7. The highest BCUT2D eigenvalue weighted by molar-refractivity contribution is 5.97. The van der Waals surface area contributed by atoms with Crippen molar-refractivity contribution >= 4 is 11.6 Å². The average Bonchev–Trinajstić information content (AvgIpc) is 2.47. The quantitative estimate of drug-likeness (QED) is 0.893. The van der Waals surface area contributed by atoms with Crippen molar-refractivity contribution in [2.75, 3.05) is 12.8 Å². The number of amides is 1. The van der Waals surface area contributed by atoms with Crippen LogP contribution in [0.4, 0.5) is 5.69 Å². The first kappa shape index (κ1) is 13.9. The minimum absolute atomic E-state index is 0.168. The van der Waals surface area contributed by atoms with Gasteiger partial charge < -0.3 is 15.8 Å². The molecule has 2 aromatic rings. The van der Waals surface area contributed by atoms with Crippen LogP contribution >= 0.6 is 0 Å². The Morgan fingerprint density at radius 2 is 2.15 bits per heavy atom. The van der Waals surface area contributed by atoms with Gasteiger partial charge in [0, 0.05) is 6.20 Å². The number of hydrogen-bond acceptors (Lipinski definition) is 4. The van der Waals surface area contributed by atoms with Crippen molar-refractivity contribution in [2.45, 2.75) is 13.0 Å². The van der Waals surface area contributed by atoms with Gasteiger partial charge in [-0.2, -0.15) is 0 Å². The molecule has 0 aliphatic heterocycles. The molecule has 0 aliphatic carbocycles. The summed E-state index contributed by atoms with van der Waals surface area (Å²) in [5.41, 5.74) is 7.29. The molecule has 0 saturated heterocycles. The van der Waals surface area contributed by atoms with E-state index >= 15 is 0 Å². The molecule has 1 amide bonds. The Bertz CT molecular complexity index is 614. The van der Waals surface area contributed by atoms with Crippen LogP contribution < -0.4 is 15.8 Å². The number of hydrogen-bond donors (Lipinski definition) is 2. The maximum absolute atomic E-state index is 12.1. The molecule has 1 atom stereocenters. The molecule has 0 unspecified atom stereocenters. The fourth-order valence-electron chi connectivity index (χ4n) is 1.87. The maximum Gasteiger partial charge on any atom is 0.272 e. The van der Waals surface area contributed by atoms with E-state index in [0.717, 1.165) is 11.3 Å². The third-order valence-electron chi connectivity index (χ3n) is 3.00.